The third-order valence-corrected chi connectivity index (χ3v) is 5.61. The van der Waals surface area contributed by atoms with Gasteiger partial charge in [-0.1, -0.05) is 32.0 Å². The van der Waals surface area contributed by atoms with Crippen molar-refractivity contribution in [3.63, 3.8) is 0 Å². The molecule has 102 valence electrons. The first-order valence-electron chi connectivity index (χ1n) is 7.45. The number of hydrogen-bond donors (Lipinski definition) is 1. The fourth-order valence-corrected chi connectivity index (χ4v) is 4.62. The molecule has 0 aromatic carbocycles. The second kappa shape index (κ2) is 5.41. The Morgan fingerprint density at radius 2 is 2.17 bits per heavy atom. The highest BCUT2D eigenvalue weighted by Gasteiger charge is 2.36. The molecule has 3 rings (SSSR count). The number of piperidine rings is 1. The molecule has 3 aliphatic heterocycles. The molecule has 0 bridgehead atoms. The molecule has 3 heterocycles. The molecule has 3 aliphatic rings. The van der Waals surface area contributed by atoms with E-state index in [1.807, 2.05) is 11.8 Å². The Bertz CT molecular complexity index is 329. The van der Waals surface area contributed by atoms with Crippen LogP contribution >= 0.6 is 11.8 Å². The van der Waals surface area contributed by atoms with Gasteiger partial charge in [0.25, 0.3) is 0 Å². The number of aliphatic imine (C=N–C) groups is 1. The van der Waals surface area contributed by atoms with Crippen molar-refractivity contribution in [3.8, 4) is 0 Å². The van der Waals surface area contributed by atoms with Crippen LogP contribution in [-0.4, -0.2) is 47.0 Å². The van der Waals surface area contributed by atoms with Crippen LogP contribution < -0.4 is 5.32 Å². The predicted octanol–water partition coefficient (Wildman–Crippen LogP) is 2.33. The molecule has 3 nitrogen and oxygen atoms in total. The molecule has 2 fully saturated rings. The minimum absolute atomic E-state index is 0.529. The van der Waals surface area contributed by atoms with Gasteiger partial charge in [-0.05, 0) is 31.7 Å². The maximum Gasteiger partial charge on any atom is 0.157 e. The predicted molar refractivity (Wildman–Crippen MR) is 79.3 cm³/mol. The van der Waals surface area contributed by atoms with Crippen molar-refractivity contribution in [2.45, 2.75) is 57.7 Å². The van der Waals surface area contributed by atoms with Gasteiger partial charge in [-0.25, -0.2) is 0 Å². The molecular weight excluding hydrogens is 242 g/mol. The van der Waals surface area contributed by atoms with Crippen LogP contribution in [0.15, 0.2) is 4.99 Å². The molecule has 0 radical (unpaired) electrons. The molecule has 18 heavy (non-hydrogen) atoms. The molecule has 1 N–H and O–H groups in total. The Balaban J connectivity index is 1.58. The summed E-state index contributed by atoms with van der Waals surface area (Å²) in [5.74, 6) is 1.84. The first-order valence-corrected chi connectivity index (χ1v) is 8.44. The first kappa shape index (κ1) is 12.8. The summed E-state index contributed by atoms with van der Waals surface area (Å²) in [4.78, 5) is 7.52. The van der Waals surface area contributed by atoms with Crippen LogP contribution in [0.3, 0.4) is 0 Å². The lowest BCUT2D eigenvalue weighted by atomic mass is 9.99. The maximum absolute atomic E-state index is 4.84. The van der Waals surface area contributed by atoms with E-state index in [0.29, 0.717) is 18.0 Å². The van der Waals surface area contributed by atoms with Crippen LogP contribution in [0.25, 0.3) is 0 Å². The topological polar surface area (TPSA) is 27.6 Å². The van der Waals surface area contributed by atoms with E-state index in [4.69, 9.17) is 4.99 Å². The first-order chi connectivity index (χ1) is 8.74. The Kier molecular flexibility index (Phi) is 3.85. The van der Waals surface area contributed by atoms with Gasteiger partial charge in [0.15, 0.2) is 5.17 Å². The van der Waals surface area contributed by atoms with Crippen LogP contribution in [0.5, 0.6) is 0 Å². The van der Waals surface area contributed by atoms with Crippen molar-refractivity contribution in [2.24, 2.45) is 10.9 Å². The van der Waals surface area contributed by atoms with E-state index in [0.717, 1.165) is 6.04 Å². The lowest BCUT2D eigenvalue weighted by molar-refractivity contribution is 0.185. The standard InChI is InChI=1S/C14H25N3S/c1-10(2)12-9-18-14(16-12)15-11-6-8-17-7-4-3-5-13(11)17/h10-13H,3-9H2,1-2H3,(H,15,16)/t11?,12-,13?/m1/s1. The largest absolute Gasteiger partial charge is 0.361 e. The quantitative estimate of drug-likeness (QED) is 0.832. The zero-order chi connectivity index (χ0) is 12.5. The number of nitrogens with one attached hydrogen (secondary N) is 1. The van der Waals surface area contributed by atoms with Gasteiger partial charge in [-0.3, -0.25) is 9.89 Å². The lowest BCUT2D eigenvalue weighted by Crippen LogP contribution is -2.46. The summed E-state index contributed by atoms with van der Waals surface area (Å²) in [5, 5.41) is 4.95. The molecule has 0 aliphatic carbocycles. The van der Waals surface area contributed by atoms with Gasteiger partial charge in [0.05, 0.1) is 6.04 Å². The van der Waals surface area contributed by atoms with Crippen molar-refractivity contribution in [2.75, 3.05) is 18.8 Å². The third kappa shape index (κ3) is 2.55. The summed E-state index contributed by atoms with van der Waals surface area (Å²) in [5.41, 5.74) is 0. The van der Waals surface area contributed by atoms with Gasteiger partial charge in [0, 0.05) is 24.4 Å². The van der Waals surface area contributed by atoms with E-state index in [1.165, 1.54) is 49.7 Å². The van der Waals surface area contributed by atoms with Gasteiger partial charge in [0.2, 0.25) is 0 Å². The minimum atomic E-state index is 0.529. The fraction of sp³-hybridized carbons (Fsp3) is 0.929. The molecule has 0 aromatic heterocycles. The Morgan fingerprint density at radius 3 is 2.94 bits per heavy atom. The number of nitrogens with zero attached hydrogens (tertiary/aromatic N) is 2. The van der Waals surface area contributed by atoms with Crippen molar-refractivity contribution >= 4 is 16.9 Å². The van der Waals surface area contributed by atoms with Crippen LogP contribution in [0.1, 0.15) is 39.5 Å². The Morgan fingerprint density at radius 1 is 1.28 bits per heavy atom. The van der Waals surface area contributed by atoms with E-state index in [-0.39, 0.29) is 0 Å². The van der Waals surface area contributed by atoms with E-state index >= 15 is 0 Å². The van der Waals surface area contributed by atoms with Crippen LogP contribution in [-0.2, 0) is 0 Å². The number of fused-ring (bicyclic) bond motifs is 1. The van der Waals surface area contributed by atoms with Gasteiger partial charge in [-0.2, -0.15) is 0 Å². The molecular formula is C14H25N3S. The van der Waals surface area contributed by atoms with Gasteiger partial charge >= 0.3 is 0 Å². The van der Waals surface area contributed by atoms with Crippen LogP contribution in [0, 0.1) is 5.92 Å². The normalized spacial score (nSPS) is 36.8. The molecule has 3 atom stereocenters. The number of thioether (sulfide) groups is 1. The molecule has 0 aromatic rings. The molecule has 2 unspecified atom stereocenters. The average molecular weight is 267 g/mol. The van der Waals surface area contributed by atoms with Crippen molar-refractivity contribution in [1.82, 2.24) is 10.2 Å². The van der Waals surface area contributed by atoms with E-state index in [2.05, 4.69) is 24.1 Å². The zero-order valence-electron chi connectivity index (χ0n) is 11.6. The highest BCUT2D eigenvalue weighted by atomic mass is 32.2. The highest BCUT2D eigenvalue weighted by Crippen LogP contribution is 2.29. The lowest BCUT2D eigenvalue weighted by Gasteiger charge is -2.32. The van der Waals surface area contributed by atoms with Crippen molar-refractivity contribution in [3.05, 3.63) is 0 Å². The summed E-state index contributed by atoms with van der Waals surface area (Å²) in [7, 11) is 0. The van der Waals surface area contributed by atoms with Gasteiger partial charge < -0.3 is 5.32 Å². The maximum atomic E-state index is 4.84. The SMILES string of the molecule is CC(C)[C@H]1CSC(NC2CCN3CCCCC23)=N1. The second-order valence-corrected chi connectivity index (χ2v) is 7.20. The Hall–Kier alpha value is -0.220. The molecule has 0 spiro atoms. The number of rotatable bonds is 2. The van der Waals surface area contributed by atoms with Crippen molar-refractivity contribution in [1.29, 1.82) is 0 Å². The molecule has 4 heteroatoms. The summed E-state index contributed by atoms with van der Waals surface area (Å²) in [6.07, 6.45) is 5.49. The summed E-state index contributed by atoms with van der Waals surface area (Å²) >= 11 is 1.93. The summed E-state index contributed by atoms with van der Waals surface area (Å²) < 4.78 is 0. The van der Waals surface area contributed by atoms with Crippen LogP contribution in [0.4, 0.5) is 0 Å². The molecule has 0 saturated carbocycles. The van der Waals surface area contributed by atoms with Crippen molar-refractivity contribution < 1.29 is 0 Å². The number of amidine groups is 1. The van der Waals surface area contributed by atoms with E-state index < -0.39 is 0 Å². The zero-order valence-corrected chi connectivity index (χ0v) is 12.4. The molecule has 0 amide bonds. The smallest absolute Gasteiger partial charge is 0.157 e. The third-order valence-electron chi connectivity index (χ3n) is 4.61. The van der Waals surface area contributed by atoms with Gasteiger partial charge in [-0.15, -0.1) is 0 Å². The summed E-state index contributed by atoms with van der Waals surface area (Å²) in [6.45, 7) is 7.15. The monoisotopic (exact) mass is 267 g/mol. The Labute approximate surface area is 115 Å². The average Bonchev–Trinajstić information content (AvgIpc) is 2.98. The summed E-state index contributed by atoms with van der Waals surface area (Å²) in [6, 6.07) is 1.96. The fourth-order valence-electron chi connectivity index (χ4n) is 3.38. The number of hydrogen-bond acceptors (Lipinski definition) is 4. The minimum Gasteiger partial charge on any atom is -0.361 e. The second-order valence-electron chi connectivity index (χ2n) is 6.20. The molecule has 2 saturated heterocycles. The van der Waals surface area contributed by atoms with Crippen LogP contribution in [0.2, 0.25) is 0 Å². The highest BCUT2D eigenvalue weighted by molar-refractivity contribution is 8.14. The van der Waals surface area contributed by atoms with E-state index in [9.17, 15) is 0 Å². The van der Waals surface area contributed by atoms with Gasteiger partial charge in [0.1, 0.15) is 0 Å². The van der Waals surface area contributed by atoms with E-state index in [1.54, 1.807) is 0 Å².